The Bertz CT molecular complexity index is 291. The van der Waals surface area contributed by atoms with E-state index in [1.165, 1.54) is 18.7 Å². The first-order chi connectivity index (χ1) is 7.09. The maximum atomic E-state index is 2.45. The summed E-state index contributed by atoms with van der Waals surface area (Å²) in [6.45, 7) is 10.7. The molecular formula is C14H23N. The summed E-state index contributed by atoms with van der Waals surface area (Å²) in [5, 5.41) is 0. The summed E-state index contributed by atoms with van der Waals surface area (Å²) < 4.78 is 2.45. The molecular weight excluding hydrogens is 182 g/mol. The van der Waals surface area contributed by atoms with Crippen LogP contribution in [0.4, 0.5) is 0 Å². The maximum Gasteiger partial charge on any atom is 0.0255 e. The first kappa shape index (κ1) is 10.8. The first-order valence-corrected chi connectivity index (χ1v) is 6.23. The minimum Gasteiger partial charge on any atom is -0.351 e. The van der Waals surface area contributed by atoms with Crippen LogP contribution in [0, 0.1) is 23.7 Å². The van der Waals surface area contributed by atoms with E-state index < -0.39 is 0 Å². The summed E-state index contributed by atoms with van der Waals surface area (Å²) >= 11 is 0. The highest BCUT2D eigenvalue weighted by Gasteiger charge is 2.31. The van der Waals surface area contributed by atoms with Gasteiger partial charge < -0.3 is 4.57 Å². The van der Waals surface area contributed by atoms with Crippen molar-refractivity contribution in [2.24, 2.45) is 23.7 Å². The predicted octanol–water partition coefficient (Wildman–Crippen LogP) is 3.59. The fourth-order valence-corrected chi connectivity index (χ4v) is 3.00. The van der Waals surface area contributed by atoms with Crippen molar-refractivity contribution < 1.29 is 0 Å². The molecule has 1 aromatic rings. The lowest BCUT2D eigenvalue weighted by Gasteiger charge is -2.38. The van der Waals surface area contributed by atoms with Crippen LogP contribution in [0.1, 0.15) is 33.4 Å². The maximum absolute atomic E-state index is 2.45. The van der Waals surface area contributed by atoms with E-state index in [4.69, 9.17) is 0 Å². The van der Waals surface area contributed by atoms with Gasteiger partial charge in [0.25, 0.3) is 0 Å². The van der Waals surface area contributed by atoms with E-state index in [1.54, 1.807) is 0 Å². The van der Waals surface area contributed by atoms with E-state index in [0.29, 0.717) is 0 Å². The van der Waals surface area contributed by atoms with E-state index >= 15 is 0 Å². The highest BCUT2D eigenvalue weighted by atomic mass is 15.0. The minimum atomic E-state index is 0.799. The molecule has 0 bridgehead atoms. The van der Waals surface area contributed by atoms with Gasteiger partial charge in [-0.05, 0) is 42.2 Å². The Morgan fingerprint density at radius 3 is 2.40 bits per heavy atom. The number of nitrogens with zero attached hydrogens (tertiary/aromatic N) is 1. The third-order valence-electron chi connectivity index (χ3n) is 4.04. The molecule has 2 unspecified atom stereocenters. The van der Waals surface area contributed by atoms with Crippen molar-refractivity contribution in [3.8, 4) is 0 Å². The fourth-order valence-electron chi connectivity index (χ4n) is 3.00. The second-order valence-corrected chi connectivity index (χ2v) is 5.67. The van der Waals surface area contributed by atoms with Gasteiger partial charge in [-0.15, -0.1) is 0 Å². The molecule has 1 aromatic heterocycles. The standard InChI is InChI=1S/C14H23N/c1-10(2)13-8-12-6-5-7-15(12)9-14(13)11(3)4/h5-7,10-11,13-14H,8-9H2,1-4H3. The molecule has 15 heavy (non-hydrogen) atoms. The van der Waals surface area contributed by atoms with Gasteiger partial charge in [0, 0.05) is 18.4 Å². The number of fused-ring (bicyclic) bond motifs is 1. The number of rotatable bonds is 2. The van der Waals surface area contributed by atoms with Crippen LogP contribution in [-0.2, 0) is 13.0 Å². The van der Waals surface area contributed by atoms with Crippen molar-refractivity contribution in [2.45, 2.75) is 40.7 Å². The lowest BCUT2D eigenvalue weighted by molar-refractivity contribution is 0.147. The van der Waals surface area contributed by atoms with Crippen LogP contribution in [0.25, 0.3) is 0 Å². The molecule has 1 aliphatic rings. The van der Waals surface area contributed by atoms with Crippen LogP contribution in [0.3, 0.4) is 0 Å². The summed E-state index contributed by atoms with van der Waals surface area (Å²) in [6, 6.07) is 4.47. The molecule has 0 amide bonds. The van der Waals surface area contributed by atoms with Crippen LogP contribution in [0.15, 0.2) is 18.3 Å². The summed E-state index contributed by atoms with van der Waals surface area (Å²) in [7, 11) is 0. The van der Waals surface area contributed by atoms with Gasteiger partial charge >= 0.3 is 0 Å². The van der Waals surface area contributed by atoms with Gasteiger partial charge in [-0.1, -0.05) is 27.7 Å². The Balaban J connectivity index is 2.25. The summed E-state index contributed by atoms with van der Waals surface area (Å²) in [5.41, 5.74) is 1.53. The Hall–Kier alpha value is -0.720. The second-order valence-electron chi connectivity index (χ2n) is 5.67. The van der Waals surface area contributed by atoms with Gasteiger partial charge in [-0.25, -0.2) is 0 Å². The van der Waals surface area contributed by atoms with Crippen molar-refractivity contribution in [1.29, 1.82) is 0 Å². The lowest BCUT2D eigenvalue weighted by atomic mass is 9.73. The van der Waals surface area contributed by atoms with E-state index in [0.717, 1.165) is 23.7 Å². The molecule has 2 heterocycles. The van der Waals surface area contributed by atoms with Gasteiger partial charge in [0.05, 0.1) is 0 Å². The van der Waals surface area contributed by atoms with Crippen LogP contribution in [0.5, 0.6) is 0 Å². The summed E-state index contributed by atoms with van der Waals surface area (Å²) in [5.74, 6) is 3.33. The van der Waals surface area contributed by atoms with Crippen molar-refractivity contribution in [1.82, 2.24) is 4.57 Å². The zero-order chi connectivity index (χ0) is 11.0. The Morgan fingerprint density at radius 1 is 1.13 bits per heavy atom. The fraction of sp³-hybridized carbons (Fsp3) is 0.714. The Morgan fingerprint density at radius 2 is 1.80 bits per heavy atom. The molecule has 0 spiro atoms. The minimum absolute atomic E-state index is 0.799. The van der Waals surface area contributed by atoms with Crippen molar-refractivity contribution >= 4 is 0 Å². The largest absolute Gasteiger partial charge is 0.351 e. The first-order valence-electron chi connectivity index (χ1n) is 6.23. The molecule has 0 aromatic carbocycles. The average Bonchev–Trinajstić information content (AvgIpc) is 2.61. The van der Waals surface area contributed by atoms with Crippen LogP contribution in [0.2, 0.25) is 0 Å². The molecule has 1 heteroatoms. The van der Waals surface area contributed by atoms with Crippen molar-refractivity contribution in [3.05, 3.63) is 24.0 Å². The number of hydrogen-bond acceptors (Lipinski definition) is 0. The molecule has 0 saturated carbocycles. The zero-order valence-corrected chi connectivity index (χ0v) is 10.4. The number of aromatic nitrogens is 1. The molecule has 2 rings (SSSR count). The van der Waals surface area contributed by atoms with Gasteiger partial charge in [0.2, 0.25) is 0 Å². The smallest absolute Gasteiger partial charge is 0.0255 e. The lowest BCUT2D eigenvalue weighted by Crippen LogP contribution is -2.35. The molecule has 1 nitrogen and oxygen atoms in total. The monoisotopic (exact) mass is 205 g/mol. The molecule has 84 valence electrons. The van der Waals surface area contributed by atoms with Gasteiger partial charge in [0.1, 0.15) is 0 Å². The van der Waals surface area contributed by atoms with Gasteiger partial charge in [-0.3, -0.25) is 0 Å². The molecule has 0 saturated heterocycles. The van der Waals surface area contributed by atoms with E-state index in [9.17, 15) is 0 Å². The van der Waals surface area contributed by atoms with Gasteiger partial charge in [-0.2, -0.15) is 0 Å². The van der Waals surface area contributed by atoms with Gasteiger partial charge in [0.15, 0.2) is 0 Å². The molecule has 0 radical (unpaired) electrons. The predicted molar refractivity (Wildman–Crippen MR) is 64.8 cm³/mol. The molecule has 0 fully saturated rings. The summed E-state index contributed by atoms with van der Waals surface area (Å²) in [6.07, 6.45) is 3.51. The summed E-state index contributed by atoms with van der Waals surface area (Å²) in [4.78, 5) is 0. The van der Waals surface area contributed by atoms with E-state index in [-0.39, 0.29) is 0 Å². The van der Waals surface area contributed by atoms with Crippen LogP contribution < -0.4 is 0 Å². The SMILES string of the molecule is CC(C)C1Cc2cccn2CC1C(C)C. The molecule has 2 atom stereocenters. The van der Waals surface area contributed by atoms with Crippen LogP contribution >= 0.6 is 0 Å². The normalized spacial score (nSPS) is 26.0. The van der Waals surface area contributed by atoms with Crippen molar-refractivity contribution in [2.75, 3.05) is 0 Å². The van der Waals surface area contributed by atoms with E-state index in [1.807, 2.05) is 0 Å². The second kappa shape index (κ2) is 4.03. The van der Waals surface area contributed by atoms with Crippen molar-refractivity contribution in [3.63, 3.8) is 0 Å². The van der Waals surface area contributed by atoms with Crippen LogP contribution in [-0.4, -0.2) is 4.57 Å². The average molecular weight is 205 g/mol. The molecule has 1 aliphatic heterocycles. The Kier molecular flexibility index (Phi) is 2.90. The quantitative estimate of drug-likeness (QED) is 0.695. The Labute approximate surface area is 93.5 Å². The third kappa shape index (κ3) is 1.97. The molecule has 0 N–H and O–H groups in total. The topological polar surface area (TPSA) is 4.93 Å². The highest BCUT2D eigenvalue weighted by Crippen LogP contribution is 2.35. The third-order valence-corrected chi connectivity index (χ3v) is 4.04. The zero-order valence-electron chi connectivity index (χ0n) is 10.4. The number of hydrogen-bond donors (Lipinski definition) is 0. The van der Waals surface area contributed by atoms with E-state index in [2.05, 4.69) is 50.6 Å². The highest BCUT2D eigenvalue weighted by molar-refractivity contribution is 5.11. The molecule has 0 aliphatic carbocycles.